The molecule has 1 heterocycles. The Morgan fingerprint density at radius 1 is 1.47 bits per heavy atom. The van der Waals surface area contributed by atoms with Crippen LogP contribution in [0.4, 0.5) is 4.79 Å². The number of nitrogens with zero attached hydrogens (tertiary/aromatic N) is 2. The first kappa shape index (κ1) is 11.5. The van der Waals surface area contributed by atoms with Crippen LogP contribution in [0.25, 0.3) is 0 Å². The third-order valence-electron chi connectivity index (χ3n) is 2.22. The van der Waals surface area contributed by atoms with Gasteiger partial charge in [0.15, 0.2) is 0 Å². The summed E-state index contributed by atoms with van der Waals surface area (Å²) in [6, 6.07) is 3.83. The summed E-state index contributed by atoms with van der Waals surface area (Å²) in [5.41, 5.74) is 1.09. The molecule has 4 heteroatoms. The Kier molecular flexibility index (Phi) is 4.09. The highest BCUT2D eigenvalue weighted by Crippen LogP contribution is 2.15. The predicted molar refractivity (Wildman–Crippen MR) is 59.5 cm³/mol. The van der Waals surface area contributed by atoms with Crippen molar-refractivity contribution in [3.63, 3.8) is 0 Å². The van der Waals surface area contributed by atoms with Crippen molar-refractivity contribution in [2.75, 3.05) is 14.1 Å². The Bertz CT molecular complexity index is 311. The third-order valence-corrected chi connectivity index (χ3v) is 2.22. The molecule has 0 saturated carbocycles. The van der Waals surface area contributed by atoms with Crippen LogP contribution in [0.15, 0.2) is 24.5 Å². The van der Waals surface area contributed by atoms with Crippen molar-refractivity contribution in [3.8, 4) is 0 Å². The second-order valence-electron chi connectivity index (χ2n) is 3.59. The Morgan fingerprint density at radius 3 is 2.53 bits per heavy atom. The molecule has 0 saturated heterocycles. The normalized spacial score (nSPS) is 11.9. The summed E-state index contributed by atoms with van der Waals surface area (Å²) < 4.78 is 0. The number of carbonyl (C=O) groups is 1. The van der Waals surface area contributed by atoms with Gasteiger partial charge < -0.3 is 10.2 Å². The number of carbonyl (C=O) groups excluding carboxylic acids is 1. The van der Waals surface area contributed by atoms with E-state index >= 15 is 0 Å². The van der Waals surface area contributed by atoms with Gasteiger partial charge in [-0.15, -0.1) is 0 Å². The first-order valence-corrected chi connectivity index (χ1v) is 5.03. The minimum Gasteiger partial charge on any atom is -0.331 e. The fourth-order valence-corrected chi connectivity index (χ4v) is 1.29. The van der Waals surface area contributed by atoms with Gasteiger partial charge in [-0.05, 0) is 24.1 Å². The van der Waals surface area contributed by atoms with Crippen LogP contribution in [-0.4, -0.2) is 30.0 Å². The lowest BCUT2D eigenvalue weighted by atomic mass is 10.1. The smallest absolute Gasteiger partial charge is 0.317 e. The second-order valence-corrected chi connectivity index (χ2v) is 3.59. The molecule has 1 rings (SSSR count). The van der Waals surface area contributed by atoms with E-state index in [4.69, 9.17) is 0 Å². The second kappa shape index (κ2) is 5.34. The molecule has 0 bridgehead atoms. The number of aromatic nitrogens is 1. The lowest BCUT2D eigenvalue weighted by molar-refractivity contribution is 0.213. The molecule has 0 spiro atoms. The van der Waals surface area contributed by atoms with E-state index in [2.05, 4.69) is 10.3 Å². The fraction of sp³-hybridized carbons (Fsp3) is 0.455. The molecule has 0 aromatic carbocycles. The lowest BCUT2D eigenvalue weighted by Crippen LogP contribution is -2.36. The zero-order chi connectivity index (χ0) is 11.3. The first-order chi connectivity index (χ1) is 7.15. The van der Waals surface area contributed by atoms with Crippen molar-refractivity contribution < 1.29 is 4.79 Å². The van der Waals surface area contributed by atoms with E-state index < -0.39 is 0 Å². The highest BCUT2D eigenvalue weighted by molar-refractivity contribution is 5.74. The fourth-order valence-electron chi connectivity index (χ4n) is 1.29. The molecule has 0 radical (unpaired) electrons. The van der Waals surface area contributed by atoms with Gasteiger partial charge in [-0.25, -0.2) is 4.79 Å². The summed E-state index contributed by atoms with van der Waals surface area (Å²) in [5.74, 6) is 0. The molecule has 2 amide bonds. The largest absolute Gasteiger partial charge is 0.331 e. The molecule has 1 N–H and O–H groups in total. The summed E-state index contributed by atoms with van der Waals surface area (Å²) in [4.78, 5) is 17.0. The van der Waals surface area contributed by atoms with Gasteiger partial charge in [0, 0.05) is 26.5 Å². The zero-order valence-corrected chi connectivity index (χ0v) is 9.40. The van der Waals surface area contributed by atoms with E-state index in [-0.39, 0.29) is 12.1 Å². The van der Waals surface area contributed by atoms with Crippen LogP contribution >= 0.6 is 0 Å². The highest BCUT2D eigenvalue weighted by Gasteiger charge is 2.12. The SMILES string of the molecule is CCC(NC(=O)N(C)C)c1ccncc1. The van der Waals surface area contributed by atoms with Gasteiger partial charge in [-0.2, -0.15) is 0 Å². The van der Waals surface area contributed by atoms with Crippen molar-refractivity contribution in [1.29, 1.82) is 0 Å². The summed E-state index contributed by atoms with van der Waals surface area (Å²) in [6.45, 7) is 2.04. The number of nitrogens with one attached hydrogen (secondary N) is 1. The summed E-state index contributed by atoms with van der Waals surface area (Å²) >= 11 is 0. The zero-order valence-electron chi connectivity index (χ0n) is 9.40. The topological polar surface area (TPSA) is 45.2 Å². The first-order valence-electron chi connectivity index (χ1n) is 5.03. The van der Waals surface area contributed by atoms with Gasteiger partial charge in [-0.1, -0.05) is 6.92 Å². The average Bonchev–Trinajstić information content (AvgIpc) is 2.26. The number of urea groups is 1. The minimum atomic E-state index is -0.0707. The standard InChI is InChI=1S/C11H17N3O/c1-4-10(13-11(15)14(2)3)9-5-7-12-8-6-9/h5-8,10H,4H2,1-3H3,(H,13,15). The number of rotatable bonds is 3. The van der Waals surface area contributed by atoms with Crippen molar-refractivity contribution in [3.05, 3.63) is 30.1 Å². The molecule has 1 unspecified atom stereocenters. The molecule has 0 aliphatic heterocycles. The molecule has 1 aromatic rings. The van der Waals surface area contributed by atoms with E-state index in [0.29, 0.717) is 0 Å². The maximum absolute atomic E-state index is 11.5. The van der Waals surface area contributed by atoms with Crippen molar-refractivity contribution >= 4 is 6.03 Å². The van der Waals surface area contributed by atoms with E-state index in [0.717, 1.165) is 12.0 Å². The molecular formula is C11H17N3O. The lowest BCUT2D eigenvalue weighted by Gasteiger charge is -2.20. The Labute approximate surface area is 90.3 Å². The monoisotopic (exact) mass is 207 g/mol. The van der Waals surface area contributed by atoms with Gasteiger partial charge in [0.05, 0.1) is 6.04 Å². The molecule has 1 atom stereocenters. The molecule has 1 aromatic heterocycles. The molecule has 4 nitrogen and oxygen atoms in total. The summed E-state index contributed by atoms with van der Waals surface area (Å²) in [7, 11) is 3.46. The average molecular weight is 207 g/mol. The Hall–Kier alpha value is -1.58. The maximum Gasteiger partial charge on any atom is 0.317 e. The molecular weight excluding hydrogens is 190 g/mol. The predicted octanol–water partition coefficient (Wildman–Crippen LogP) is 1.80. The number of pyridine rings is 1. The van der Waals surface area contributed by atoms with Gasteiger partial charge in [-0.3, -0.25) is 4.98 Å². The maximum atomic E-state index is 11.5. The van der Waals surface area contributed by atoms with Crippen LogP contribution in [0.3, 0.4) is 0 Å². The molecule has 15 heavy (non-hydrogen) atoms. The summed E-state index contributed by atoms with van der Waals surface area (Å²) in [6.07, 6.45) is 4.34. The van der Waals surface area contributed by atoms with E-state index in [1.165, 1.54) is 4.90 Å². The molecule has 82 valence electrons. The van der Waals surface area contributed by atoms with E-state index in [1.54, 1.807) is 26.5 Å². The third kappa shape index (κ3) is 3.23. The van der Waals surface area contributed by atoms with Crippen LogP contribution in [-0.2, 0) is 0 Å². The van der Waals surface area contributed by atoms with E-state index in [1.807, 2.05) is 19.1 Å². The molecule has 0 aliphatic carbocycles. The van der Waals surface area contributed by atoms with Crippen molar-refractivity contribution in [2.24, 2.45) is 0 Å². The quantitative estimate of drug-likeness (QED) is 0.821. The highest BCUT2D eigenvalue weighted by atomic mass is 16.2. The Morgan fingerprint density at radius 2 is 2.07 bits per heavy atom. The number of hydrogen-bond donors (Lipinski definition) is 1. The van der Waals surface area contributed by atoms with Crippen LogP contribution in [0, 0.1) is 0 Å². The van der Waals surface area contributed by atoms with E-state index in [9.17, 15) is 4.79 Å². The Balaban J connectivity index is 2.69. The van der Waals surface area contributed by atoms with Crippen LogP contribution in [0.2, 0.25) is 0 Å². The van der Waals surface area contributed by atoms with Gasteiger partial charge in [0.2, 0.25) is 0 Å². The van der Waals surface area contributed by atoms with Gasteiger partial charge in [0.25, 0.3) is 0 Å². The van der Waals surface area contributed by atoms with Crippen molar-refractivity contribution in [2.45, 2.75) is 19.4 Å². The van der Waals surface area contributed by atoms with Crippen LogP contribution in [0.5, 0.6) is 0 Å². The van der Waals surface area contributed by atoms with Crippen LogP contribution in [0.1, 0.15) is 24.9 Å². The number of amides is 2. The molecule has 0 fully saturated rings. The van der Waals surface area contributed by atoms with Crippen molar-refractivity contribution in [1.82, 2.24) is 15.2 Å². The molecule has 0 aliphatic rings. The van der Waals surface area contributed by atoms with Crippen LogP contribution < -0.4 is 5.32 Å². The van der Waals surface area contributed by atoms with Gasteiger partial charge in [0.1, 0.15) is 0 Å². The minimum absolute atomic E-state index is 0.0582. The summed E-state index contributed by atoms with van der Waals surface area (Å²) in [5, 5.41) is 2.94. The number of hydrogen-bond acceptors (Lipinski definition) is 2. The van der Waals surface area contributed by atoms with Gasteiger partial charge >= 0.3 is 6.03 Å².